The molecule has 1 saturated heterocycles. The number of nitrogen functional groups attached to an aromatic ring is 1. The number of amides is 2. The zero-order valence-corrected chi connectivity index (χ0v) is 13.5. The van der Waals surface area contributed by atoms with Gasteiger partial charge in [-0.2, -0.15) is 5.10 Å². The van der Waals surface area contributed by atoms with E-state index in [1.165, 1.54) is 0 Å². The first kappa shape index (κ1) is 15.3. The summed E-state index contributed by atoms with van der Waals surface area (Å²) in [5.74, 6) is 1.06. The van der Waals surface area contributed by atoms with Crippen LogP contribution in [0, 0.1) is 0 Å². The van der Waals surface area contributed by atoms with Crippen LogP contribution in [0.25, 0.3) is 22.2 Å². The van der Waals surface area contributed by atoms with E-state index in [4.69, 9.17) is 10.5 Å². The summed E-state index contributed by atoms with van der Waals surface area (Å²) >= 11 is 0. The number of anilines is 1. The smallest absolute Gasteiger partial charge is 0.317 e. The van der Waals surface area contributed by atoms with Gasteiger partial charge in [-0.25, -0.2) is 9.78 Å². The number of hydrogen-bond donors (Lipinski definition) is 3. The third-order valence-corrected chi connectivity index (χ3v) is 4.17. The van der Waals surface area contributed by atoms with Crippen molar-refractivity contribution < 1.29 is 9.53 Å². The Morgan fingerprint density at radius 1 is 1.28 bits per heavy atom. The average Bonchev–Trinajstić information content (AvgIpc) is 3.26. The van der Waals surface area contributed by atoms with Gasteiger partial charge in [0, 0.05) is 36.3 Å². The van der Waals surface area contributed by atoms with Crippen LogP contribution in [0.3, 0.4) is 0 Å². The number of carbonyl (C=O) groups excluding carboxylic acids is 1. The third kappa shape index (κ3) is 3.06. The van der Waals surface area contributed by atoms with Crippen LogP contribution in [0.5, 0.6) is 5.75 Å². The van der Waals surface area contributed by atoms with Crippen LogP contribution < -0.4 is 15.8 Å². The zero-order valence-electron chi connectivity index (χ0n) is 13.5. The molecule has 1 aromatic carbocycles. The van der Waals surface area contributed by atoms with Gasteiger partial charge >= 0.3 is 6.03 Å². The maximum atomic E-state index is 11.6. The molecule has 3 aromatic rings. The van der Waals surface area contributed by atoms with Crippen LogP contribution in [0.15, 0.2) is 36.5 Å². The molecular formula is C17H18N6O2. The fraction of sp³-hybridized carbons (Fsp3) is 0.235. The highest BCUT2D eigenvalue weighted by atomic mass is 16.5. The lowest BCUT2D eigenvalue weighted by molar-refractivity contribution is 0.203. The minimum Gasteiger partial charge on any atom is -0.491 e. The molecule has 25 heavy (non-hydrogen) atoms. The maximum Gasteiger partial charge on any atom is 0.317 e. The van der Waals surface area contributed by atoms with Crippen molar-refractivity contribution in [3.63, 3.8) is 0 Å². The van der Waals surface area contributed by atoms with Crippen molar-refractivity contribution in [2.75, 3.05) is 32.0 Å². The Bertz CT molecular complexity index is 909. The number of aromatic amines is 1. The number of nitrogens with zero attached hydrogens (tertiary/aromatic N) is 3. The van der Waals surface area contributed by atoms with Crippen molar-refractivity contribution >= 4 is 22.8 Å². The summed E-state index contributed by atoms with van der Waals surface area (Å²) < 4.78 is 5.88. The number of carbonyl (C=O) groups is 1. The number of nitrogens with two attached hydrogens (primary N) is 1. The fourth-order valence-corrected chi connectivity index (χ4v) is 2.91. The van der Waals surface area contributed by atoms with Gasteiger partial charge in [0.1, 0.15) is 18.2 Å². The quantitative estimate of drug-likeness (QED) is 0.655. The highest BCUT2D eigenvalue weighted by molar-refractivity contribution is 5.90. The van der Waals surface area contributed by atoms with Crippen LogP contribution in [-0.2, 0) is 0 Å². The number of urea groups is 1. The van der Waals surface area contributed by atoms with Crippen LogP contribution in [-0.4, -0.2) is 52.4 Å². The molecule has 1 aliphatic heterocycles. The van der Waals surface area contributed by atoms with E-state index in [9.17, 15) is 4.79 Å². The molecule has 4 N–H and O–H groups in total. The first-order valence-corrected chi connectivity index (χ1v) is 8.06. The number of H-pyrrole nitrogens is 1. The van der Waals surface area contributed by atoms with Gasteiger partial charge < -0.3 is 20.7 Å². The van der Waals surface area contributed by atoms with Gasteiger partial charge in [0.15, 0.2) is 0 Å². The molecule has 2 aromatic heterocycles. The van der Waals surface area contributed by atoms with E-state index in [1.807, 2.05) is 24.3 Å². The topological polar surface area (TPSA) is 109 Å². The molecule has 2 amide bonds. The summed E-state index contributed by atoms with van der Waals surface area (Å²) in [5, 5.41) is 10.5. The molecule has 0 radical (unpaired) electrons. The maximum absolute atomic E-state index is 11.6. The van der Waals surface area contributed by atoms with E-state index < -0.39 is 0 Å². The molecule has 8 heteroatoms. The largest absolute Gasteiger partial charge is 0.491 e. The molecule has 1 fully saturated rings. The fourth-order valence-electron chi connectivity index (χ4n) is 2.91. The number of pyridine rings is 1. The van der Waals surface area contributed by atoms with Gasteiger partial charge in [0.05, 0.1) is 17.8 Å². The highest BCUT2D eigenvalue weighted by Gasteiger charge is 2.19. The zero-order chi connectivity index (χ0) is 17.2. The Balaban J connectivity index is 1.57. The first-order chi connectivity index (χ1) is 12.2. The molecule has 0 unspecified atom stereocenters. The minimum absolute atomic E-state index is 0.0492. The SMILES string of the molecule is Nc1cc(OCCN2CCNC2=O)c2ccc(-c3ccn[nH]3)cc2n1. The van der Waals surface area contributed by atoms with E-state index in [2.05, 4.69) is 20.5 Å². The van der Waals surface area contributed by atoms with Crippen molar-refractivity contribution in [1.29, 1.82) is 0 Å². The predicted molar refractivity (Wildman–Crippen MR) is 94.2 cm³/mol. The summed E-state index contributed by atoms with van der Waals surface area (Å²) in [6.45, 7) is 2.31. The molecule has 3 heterocycles. The second-order valence-corrected chi connectivity index (χ2v) is 5.81. The Labute approximate surface area is 144 Å². The summed E-state index contributed by atoms with van der Waals surface area (Å²) in [6.07, 6.45) is 1.70. The van der Waals surface area contributed by atoms with Crippen LogP contribution in [0.1, 0.15) is 0 Å². The van der Waals surface area contributed by atoms with Crippen molar-refractivity contribution in [1.82, 2.24) is 25.4 Å². The van der Waals surface area contributed by atoms with E-state index in [-0.39, 0.29) is 6.03 Å². The Hall–Kier alpha value is -3.29. The number of fused-ring (bicyclic) bond motifs is 1. The standard InChI is InChI=1S/C17H18N6O2/c18-16-10-15(25-8-7-23-6-5-19-17(23)24)12-2-1-11(9-14(12)21-16)13-3-4-20-22-13/h1-4,9-10H,5-8H2,(H2,18,21)(H,19,24)(H,20,22). The van der Waals surface area contributed by atoms with E-state index in [1.54, 1.807) is 17.2 Å². The number of aromatic nitrogens is 3. The Morgan fingerprint density at radius 3 is 2.96 bits per heavy atom. The van der Waals surface area contributed by atoms with Crippen molar-refractivity contribution in [2.24, 2.45) is 0 Å². The van der Waals surface area contributed by atoms with Crippen LogP contribution >= 0.6 is 0 Å². The van der Waals surface area contributed by atoms with E-state index >= 15 is 0 Å². The van der Waals surface area contributed by atoms with Crippen LogP contribution in [0.4, 0.5) is 10.6 Å². The predicted octanol–water partition coefficient (Wildman–Crippen LogP) is 1.61. The molecule has 0 spiro atoms. The van der Waals surface area contributed by atoms with Gasteiger partial charge in [0.25, 0.3) is 0 Å². The highest BCUT2D eigenvalue weighted by Crippen LogP contribution is 2.30. The summed E-state index contributed by atoms with van der Waals surface area (Å²) in [4.78, 5) is 17.7. The van der Waals surface area contributed by atoms with Gasteiger partial charge in [0.2, 0.25) is 0 Å². The number of hydrogen-bond acceptors (Lipinski definition) is 5. The Kier molecular flexibility index (Phi) is 3.85. The molecule has 1 aliphatic rings. The monoisotopic (exact) mass is 338 g/mol. The third-order valence-electron chi connectivity index (χ3n) is 4.17. The lowest BCUT2D eigenvalue weighted by atomic mass is 10.1. The lowest BCUT2D eigenvalue weighted by Crippen LogP contribution is -2.31. The number of benzene rings is 1. The molecule has 0 atom stereocenters. The first-order valence-electron chi connectivity index (χ1n) is 8.06. The normalized spacial score (nSPS) is 14.1. The van der Waals surface area contributed by atoms with Gasteiger partial charge in [-0.1, -0.05) is 6.07 Å². The van der Waals surface area contributed by atoms with E-state index in [0.29, 0.717) is 37.8 Å². The minimum atomic E-state index is -0.0492. The summed E-state index contributed by atoms with van der Waals surface area (Å²) in [7, 11) is 0. The second-order valence-electron chi connectivity index (χ2n) is 5.81. The van der Waals surface area contributed by atoms with Crippen molar-refractivity contribution in [2.45, 2.75) is 0 Å². The summed E-state index contributed by atoms with van der Waals surface area (Å²) in [5.41, 5.74) is 8.56. The van der Waals surface area contributed by atoms with Crippen molar-refractivity contribution in [3.05, 3.63) is 36.5 Å². The molecule has 0 aliphatic carbocycles. The van der Waals surface area contributed by atoms with Crippen LogP contribution in [0.2, 0.25) is 0 Å². The molecule has 4 rings (SSSR count). The molecule has 0 saturated carbocycles. The van der Waals surface area contributed by atoms with Gasteiger partial charge in [-0.3, -0.25) is 5.10 Å². The molecular weight excluding hydrogens is 320 g/mol. The Morgan fingerprint density at radius 2 is 2.20 bits per heavy atom. The number of rotatable bonds is 5. The summed E-state index contributed by atoms with van der Waals surface area (Å²) in [6, 6.07) is 9.44. The molecule has 128 valence electrons. The van der Waals surface area contributed by atoms with Gasteiger partial charge in [-0.05, 0) is 18.2 Å². The average molecular weight is 338 g/mol. The molecule has 8 nitrogen and oxygen atoms in total. The number of nitrogens with one attached hydrogen (secondary N) is 2. The van der Waals surface area contributed by atoms with Gasteiger partial charge in [-0.15, -0.1) is 0 Å². The van der Waals surface area contributed by atoms with E-state index in [0.717, 1.165) is 22.2 Å². The van der Waals surface area contributed by atoms with Crippen molar-refractivity contribution in [3.8, 4) is 17.0 Å². The lowest BCUT2D eigenvalue weighted by Gasteiger charge is -2.15. The number of ether oxygens (including phenoxy) is 1. The second kappa shape index (κ2) is 6.31. The molecule has 0 bridgehead atoms.